The van der Waals surface area contributed by atoms with Crippen LogP contribution in [-0.4, -0.2) is 55.6 Å². The van der Waals surface area contributed by atoms with Crippen molar-refractivity contribution in [1.82, 2.24) is 9.21 Å². The number of amides is 2. The molecule has 8 heteroatoms. The van der Waals surface area contributed by atoms with Crippen LogP contribution < -0.4 is 5.32 Å². The van der Waals surface area contributed by atoms with Crippen molar-refractivity contribution in [2.75, 3.05) is 31.5 Å². The van der Waals surface area contributed by atoms with Gasteiger partial charge >= 0.3 is 0 Å². The largest absolute Gasteiger partial charge is 0.338 e. The lowest BCUT2D eigenvalue weighted by molar-refractivity contribution is -0.130. The smallest absolute Gasteiger partial charge is 0.246 e. The molecule has 2 amide bonds. The molecule has 2 aromatic rings. The number of likely N-dealkylation sites (tertiary alicyclic amines) is 1. The summed E-state index contributed by atoms with van der Waals surface area (Å²) in [6.45, 7) is 5.42. The third kappa shape index (κ3) is 6.30. The Hall–Kier alpha value is -2.97. The zero-order valence-electron chi connectivity index (χ0n) is 19.1. The topological polar surface area (TPSA) is 86.8 Å². The van der Waals surface area contributed by atoms with Crippen LogP contribution in [0.1, 0.15) is 32.3 Å². The highest BCUT2D eigenvalue weighted by Gasteiger charge is 2.27. The number of nitrogens with zero attached hydrogens (tertiary/aromatic N) is 2. The van der Waals surface area contributed by atoms with Crippen LogP contribution in [0.15, 0.2) is 65.6 Å². The maximum Gasteiger partial charge on any atom is 0.246 e. The monoisotopic (exact) mass is 469 g/mol. The van der Waals surface area contributed by atoms with Crippen molar-refractivity contribution in [3.05, 3.63) is 66.2 Å². The number of piperidine rings is 1. The molecule has 7 nitrogen and oxygen atoms in total. The van der Waals surface area contributed by atoms with E-state index >= 15 is 0 Å². The minimum absolute atomic E-state index is 0.0762. The SMILES string of the molecule is CCN(CC)S(=O)(=O)c1ccc(/C=C/C(=O)N2CCCC(C(=O)Nc3ccccc3)C2)cc1. The minimum Gasteiger partial charge on any atom is -0.338 e. The van der Waals surface area contributed by atoms with E-state index in [2.05, 4.69) is 5.32 Å². The second-order valence-corrected chi connectivity index (χ2v) is 9.91. The molecule has 0 radical (unpaired) electrons. The Bertz CT molecular complexity index is 1080. The molecule has 1 atom stereocenters. The number of anilines is 1. The molecule has 1 aliphatic heterocycles. The maximum absolute atomic E-state index is 12.7. The predicted molar refractivity (Wildman–Crippen MR) is 130 cm³/mol. The van der Waals surface area contributed by atoms with Gasteiger partial charge in [-0.05, 0) is 48.7 Å². The summed E-state index contributed by atoms with van der Waals surface area (Å²) < 4.78 is 26.6. The molecule has 2 aromatic carbocycles. The summed E-state index contributed by atoms with van der Waals surface area (Å²) in [6.07, 6.45) is 4.66. The van der Waals surface area contributed by atoms with Gasteiger partial charge in [-0.2, -0.15) is 4.31 Å². The molecule has 1 saturated heterocycles. The van der Waals surface area contributed by atoms with Crippen LogP contribution in [0.5, 0.6) is 0 Å². The highest BCUT2D eigenvalue weighted by molar-refractivity contribution is 7.89. The van der Waals surface area contributed by atoms with E-state index in [9.17, 15) is 18.0 Å². The second-order valence-electron chi connectivity index (χ2n) is 7.97. The lowest BCUT2D eigenvalue weighted by Crippen LogP contribution is -2.43. The van der Waals surface area contributed by atoms with Crippen LogP contribution in [0.3, 0.4) is 0 Å². The van der Waals surface area contributed by atoms with Crippen LogP contribution >= 0.6 is 0 Å². The average Bonchev–Trinajstić information content (AvgIpc) is 2.84. The number of hydrogen-bond donors (Lipinski definition) is 1. The Kier molecular flexibility index (Phi) is 8.41. The van der Waals surface area contributed by atoms with Crippen LogP contribution in [0, 0.1) is 5.92 Å². The molecular weight excluding hydrogens is 438 g/mol. The normalized spacial score (nSPS) is 16.8. The first-order valence-electron chi connectivity index (χ1n) is 11.3. The van der Waals surface area contributed by atoms with Crippen LogP contribution in [-0.2, 0) is 19.6 Å². The summed E-state index contributed by atoms with van der Waals surface area (Å²) in [5.41, 5.74) is 1.48. The first-order valence-corrected chi connectivity index (χ1v) is 12.7. The van der Waals surface area contributed by atoms with E-state index in [0.717, 1.165) is 24.1 Å². The number of benzene rings is 2. The van der Waals surface area contributed by atoms with Gasteiger partial charge < -0.3 is 10.2 Å². The molecule has 1 fully saturated rings. The molecule has 1 N–H and O–H groups in total. The summed E-state index contributed by atoms with van der Waals surface area (Å²) in [7, 11) is -3.51. The number of nitrogens with one attached hydrogen (secondary N) is 1. The van der Waals surface area contributed by atoms with Gasteiger partial charge in [0.1, 0.15) is 0 Å². The quantitative estimate of drug-likeness (QED) is 0.599. The van der Waals surface area contributed by atoms with E-state index < -0.39 is 10.0 Å². The molecular formula is C25H31N3O4S. The van der Waals surface area contributed by atoms with Gasteiger partial charge in [0.2, 0.25) is 21.8 Å². The molecule has 1 heterocycles. The van der Waals surface area contributed by atoms with Gasteiger partial charge in [0.05, 0.1) is 10.8 Å². The number of hydrogen-bond acceptors (Lipinski definition) is 4. The van der Waals surface area contributed by atoms with Crippen molar-refractivity contribution >= 4 is 33.6 Å². The molecule has 0 bridgehead atoms. The van der Waals surface area contributed by atoms with Crippen LogP contribution in [0.2, 0.25) is 0 Å². The molecule has 3 rings (SSSR count). The molecule has 1 aliphatic rings. The van der Waals surface area contributed by atoms with Gasteiger partial charge in [-0.3, -0.25) is 9.59 Å². The summed E-state index contributed by atoms with van der Waals surface area (Å²) in [5, 5.41) is 2.92. The molecule has 0 aliphatic carbocycles. The summed E-state index contributed by atoms with van der Waals surface area (Å²) in [6, 6.07) is 15.8. The number of rotatable bonds is 8. The minimum atomic E-state index is -3.51. The first kappa shape index (κ1) is 24.7. The van der Waals surface area contributed by atoms with E-state index in [-0.39, 0.29) is 22.6 Å². The molecule has 33 heavy (non-hydrogen) atoms. The lowest BCUT2D eigenvalue weighted by atomic mass is 9.97. The van der Waals surface area contributed by atoms with Crippen molar-refractivity contribution in [3.8, 4) is 0 Å². The van der Waals surface area contributed by atoms with Crippen molar-refractivity contribution in [1.29, 1.82) is 0 Å². The number of sulfonamides is 1. The average molecular weight is 470 g/mol. The molecule has 0 aromatic heterocycles. The Morgan fingerprint density at radius 1 is 1.06 bits per heavy atom. The number of para-hydroxylation sites is 1. The lowest BCUT2D eigenvalue weighted by Gasteiger charge is -2.31. The Labute approximate surface area is 196 Å². The van der Waals surface area contributed by atoms with Crippen molar-refractivity contribution in [2.45, 2.75) is 31.6 Å². The van der Waals surface area contributed by atoms with Crippen molar-refractivity contribution in [2.24, 2.45) is 5.92 Å². The predicted octanol–water partition coefficient (Wildman–Crippen LogP) is 3.61. The van der Waals surface area contributed by atoms with Gasteiger partial charge in [0, 0.05) is 37.9 Å². The van der Waals surface area contributed by atoms with E-state index in [4.69, 9.17) is 0 Å². The standard InChI is InChI=1S/C25H31N3O4S/c1-3-28(4-2)33(31,32)23-15-12-20(13-16-23)14-17-24(29)27-18-8-9-21(19-27)25(30)26-22-10-6-5-7-11-22/h5-7,10-17,21H,3-4,8-9,18-19H2,1-2H3,(H,26,30)/b17-14+. The first-order chi connectivity index (χ1) is 15.8. The zero-order chi connectivity index (χ0) is 23.8. The van der Waals surface area contributed by atoms with Gasteiger partial charge in [0.25, 0.3) is 0 Å². The van der Waals surface area contributed by atoms with E-state index in [1.165, 1.54) is 10.4 Å². The third-order valence-electron chi connectivity index (χ3n) is 5.79. The fourth-order valence-corrected chi connectivity index (χ4v) is 5.35. The highest BCUT2D eigenvalue weighted by Crippen LogP contribution is 2.20. The molecule has 0 spiro atoms. The fourth-order valence-electron chi connectivity index (χ4n) is 3.89. The number of carbonyl (C=O) groups excluding carboxylic acids is 2. The van der Waals surface area contributed by atoms with Crippen LogP contribution in [0.25, 0.3) is 6.08 Å². The Balaban J connectivity index is 1.60. The molecule has 1 unspecified atom stereocenters. The van der Waals surface area contributed by atoms with Crippen molar-refractivity contribution in [3.63, 3.8) is 0 Å². The van der Waals surface area contributed by atoms with E-state index in [1.54, 1.807) is 49.1 Å². The van der Waals surface area contributed by atoms with Crippen molar-refractivity contribution < 1.29 is 18.0 Å². The Morgan fingerprint density at radius 2 is 1.73 bits per heavy atom. The second kappa shape index (κ2) is 11.2. The number of carbonyl (C=O) groups is 2. The summed E-state index contributed by atoms with van der Waals surface area (Å²) in [4.78, 5) is 27.2. The van der Waals surface area contributed by atoms with Gasteiger partial charge in [-0.15, -0.1) is 0 Å². The Morgan fingerprint density at radius 3 is 2.36 bits per heavy atom. The van der Waals surface area contributed by atoms with E-state index in [1.807, 2.05) is 30.3 Å². The van der Waals surface area contributed by atoms with Gasteiger partial charge in [0.15, 0.2) is 0 Å². The maximum atomic E-state index is 12.7. The van der Waals surface area contributed by atoms with Gasteiger partial charge in [-0.1, -0.05) is 44.2 Å². The molecule has 176 valence electrons. The fraction of sp³-hybridized carbons (Fsp3) is 0.360. The highest BCUT2D eigenvalue weighted by atomic mass is 32.2. The van der Waals surface area contributed by atoms with Gasteiger partial charge in [-0.25, -0.2) is 8.42 Å². The zero-order valence-corrected chi connectivity index (χ0v) is 19.9. The molecule has 0 saturated carbocycles. The van der Waals surface area contributed by atoms with E-state index in [0.29, 0.717) is 26.2 Å². The summed E-state index contributed by atoms with van der Waals surface area (Å²) >= 11 is 0. The van der Waals surface area contributed by atoms with Crippen LogP contribution in [0.4, 0.5) is 5.69 Å². The summed E-state index contributed by atoms with van der Waals surface area (Å²) in [5.74, 6) is -0.486. The third-order valence-corrected chi connectivity index (χ3v) is 7.85.